The van der Waals surface area contributed by atoms with Crippen LogP contribution in [0.1, 0.15) is 205 Å². The van der Waals surface area contributed by atoms with Crippen LogP contribution < -0.4 is 0 Å². The molecule has 0 nitrogen and oxygen atoms in total. The Bertz CT molecular complexity index is 1380. The molecule has 0 radical (unpaired) electrons. The van der Waals surface area contributed by atoms with Gasteiger partial charge in [-0.25, -0.2) is 0 Å². The van der Waals surface area contributed by atoms with Gasteiger partial charge in [-0.1, -0.05) is 100.0 Å². The van der Waals surface area contributed by atoms with Gasteiger partial charge in [0.1, 0.15) is 0 Å². The maximum atomic E-state index is 4.37. The van der Waals surface area contributed by atoms with Crippen LogP contribution in [0.4, 0.5) is 0 Å². The lowest BCUT2D eigenvalue weighted by Gasteiger charge is -2.68. The second kappa shape index (κ2) is 15.2. The minimum atomic E-state index is 0.499. The van der Waals surface area contributed by atoms with Crippen LogP contribution in [0, 0.1) is 116 Å². The SMILES string of the molecule is C=C1C=C([C@H]2CC[C@]3(C)C4CC[C@]5(C)CC(CC6CC(C)C(CC7CC(C)C(CC8CC(C)C(C)[C@@H](C)C8)[C@@H](C)C7)[C@@H](C)C6)CC[C@]5(C)C4CC[C@]23C)CC1. The molecule has 8 aliphatic rings. The third kappa shape index (κ3) is 7.08. The maximum Gasteiger partial charge on any atom is -0.0140 e. The first-order valence-electron chi connectivity index (χ1n) is 25.3. The molecular weight excluding hydrogens is 661 g/mol. The summed E-state index contributed by atoms with van der Waals surface area (Å²) < 4.78 is 0. The quantitative estimate of drug-likeness (QED) is 0.243. The van der Waals surface area contributed by atoms with Crippen molar-refractivity contribution >= 4 is 0 Å². The molecule has 0 aromatic carbocycles. The van der Waals surface area contributed by atoms with E-state index in [2.05, 4.69) is 88.8 Å². The first-order chi connectivity index (χ1) is 25.9. The summed E-state index contributed by atoms with van der Waals surface area (Å²) >= 11 is 0. The zero-order chi connectivity index (χ0) is 39.2. The number of hydrogen-bond acceptors (Lipinski definition) is 0. The summed E-state index contributed by atoms with van der Waals surface area (Å²) in [7, 11) is 0. The Morgan fingerprint density at radius 2 is 0.982 bits per heavy atom. The Labute approximate surface area is 343 Å². The Morgan fingerprint density at radius 1 is 0.509 bits per heavy atom. The standard InChI is InChI=1S/C55H92/c1-34-13-14-46(23-34)49-17-21-55(12)51-16-19-52(9)33-42(15-20-53(52,10)50(51)18-22-54(49,55)11)30-43-26-37(4)48(38(5)27-43)32-45-28-39(6)47(40(7)29-45)31-44-24-35(2)41(8)36(3)25-44/h23,35-45,47-51H,1,13-22,24-33H2,2-12H3/t35-,36?,37-,38?,39-,40?,41?,42?,43?,44?,45?,47?,48?,49+,50?,51?,52+,53+,54+,55+/m0/s1. The lowest BCUT2D eigenvalue weighted by atomic mass is 9.36. The zero-order valence-corrected chi connectivity index (χ0v) is 38.7. The smallest absolute Gasteiger partial charge is 0.0140 e. The monoisotopic (exact) mass is 753 g/mol. The molecule has 0 N–H and O–H groups in total. The van der Waals surface area contributed by atoms with Crippen LogP contribution in [0.15, 0.2) is 23.8 Å². The van der Waals surface area contributed by atoms with Gasteiger partial charge in [0.05, 0.1) is 0 Å². The van der Waals surface area contributed by atoms with Crippen LogP contribution in [-0.4, -0.2) is 0 Å². The van der Waals surface area contributed by atoms with Crippen LogP contribution >= 0.6 is 0 Å². The maximum absolute atomic E-state index is 4.37. The van der Waals surface area contributed by atoms with Gasteiger partial charge in [0, 0.05) is 0 Å². The highest BCUT2D eigenvalue weighted by Gasteiger charge is 2.67. The second-order valence-corrected chi connectivity index (χ2v) is 25.5. The van der Waals surface area contributed by atoms with E-state index < -0.39 is 0 Å². The zero-order valence-electron chi connectivity index (χ0n) is 38.7. The predicted molar refractivity (Wildman–Crippen MR) is 238 cm³/mol. The summed E-state index contributed by atoms with van der Waals surface area (Å²) in [5, 5.41) is 0. The van der Waals surface area contributed by atoms with Crippen LogP contribution in [-0.2, 0) is 0 Å². The normalized spacial score (nSPS) is 55.7. The van der Waals surface area contributed by atoms with Crippen molar-refractivity contribution in [1.29, 1.82) is 0 Å². The average molecular weight is 753 g/mol. The van der Waals surface area contributed by atoms with E-state index in [-0.39, 0.29) is 0 Å². The molecule has 0 heteroatoms. The molecule has 20 atom stereocenters. The molecular formula is C55H92. The summed E-state index contributed by atoms with van der Waals surface area (Å²) in [5.41, 5.74) is 5.31. The molecule has 7 saturated carbocycles. The Balaban J connectivity index is 0.843. The Kier molecular flexibility index (Phi) is 11.4. The first-order valence-corrected chi connectivity index (χ1v) is 25.3. The van der Waals surface area contributed by atoms with Crippen LogP contribution in [0.2, 0.25) is 0 Å². The van der Waals surface area contributed by atoms with Crippen molar-refractivity contribution in [3.63, 3.8) is 0 Å². The van der Waals surface area contributed by atoms with E-state index >= 15 is 0 Å². The van der Waals surface area contributed by atoms with Crippen molar-refractivity contribution in [3.05, 3.63) is 23.8 Å². The highest BCUT2D eigenvalue weighted by atomic mass is 14.7. The molecule has 0 aromatic heterocycles. The second-order valence-electron chi connectivity index (χ2n) is 25.5. The van der Waals surface area contributed by atoms with Crippen LogP contribution in [0.5, 0.6) is 0 Å². The van der Waals surface area contributed by atoms with Gasteiger partial charge in [-0.2, -0.15) is 0 Å². The minimum absolute atomic E-state index is 0.499. The number of rotatable bonds is 7. The van der Waals surface area contributed by atoms with Gasteiger partial charge in [-0.3, -0.25) is 0 Å². The van der Waals surface area contributed by atoms with Gasteiger partial charge in [0.25, 0.3) is 0 Å². The molecule has 312 valence electrons. The van der Waals surface area contributed by atoms with E-state index in [1.54, 1.807) is 18.4 Å². The number of hydrogen-bond donors (Lipinski definition) is 0. The lowest BCUT2D eigenvalue weighted by molar-refractivity contribution is -0.189. The van der Waals surface area contributed by atoms with Crippen molar-refractivity contribution < 1.29 is 0 Å². The fourth-order valence-corrected chi connectivity index (χ4v) is 19.0. The topological polar surface area (TPSA) is 0 Å². The highest BCUT2D eigenvalue weighted by molar-refractivity contribution is 5.33. The molecule has 0 amide bonds. The minimum Gasteiger partial charge on any atom is -0.0958 e. The molecule has 0 aromatic rings. The molecule has 7 fully saturated rings. The molecule has 0 bridgehead atoms. The van der Waals surface area contributed by atoms with Crippen molar-refractivity contribution in [3.8, 4) is 0 Å². The molecule has 55 heavy (non-hydrogen) atoms. The summed E-state index contributed by atoms with van der Waals surface area (Å²) in [6, 6.07) is 0. The van der Waals surface area contributed by atoms with Gasteiger partial charge in [0.15, 0.2) is 0 Å². The van der Waals surface area contributed by atoms with E-state index in [4.69, 9.17) is 0 Å². The van der Waals surface area contributed by atoms with Crippen LogP contribution in [0.25, 0.3) is 0 Å². The largest absolute Gasteiger partial charge is 0.0958 e. The molecule has 0 saturated heterocycles. The van der Waals surface area contributed by atoms with Crippen LogP contribution in [0.3, 0.4) is 0 Å². The Morgan fingerprint density at radius 3 is 1.53 bits per heavy atom. The summed E-state index contributed by atoms with van der Waals surface area (Å²) in [6.07, 6.45) is 32.3. The molecule has 8 rings (SSSR count). The van der Waals surface area contributed by atoms with E-state index in [9.17, 15) is 0 Å². The molecule has 0 spiro atoms. The summed E-state index contributed by atoms with van der Waals surface area (Å²) in [4.78, 5) is 0. The van der Waals surface area contributed by atoms with Crippen molar-refractivity contribution in [2.45, 2.75) is 205 Å². The highest BCUT2D eigenvalue weighted by Crippen LogP contribution is 2.76. The van der Waals surface area contributed by atoms with Gasteiger partial charge >= 0.3 is 0 Å². The molecule has 0 heterocycles. The van der Waals surface area contributed by atoms with Crippen molar-refractivity contribution in [2.75, 3.05) is 0 Å². The van der Waals surface area contributed by atoms with E-state index in [1.165, 1.54) is 121 Å². The summed E-state index contributed by atoms with van der Waals surface area (Å²) in [6.45, 7) is 33.9. The Hall–Kier alpha value is -0.520. The first kappa shape index (κ1) is 41.2. The molecule has 12 unspecified atom stereocenters. The summed E-state index contributed by atoms with van der Waals surface area (Å²) in [5.74, 6) is 15.1. The molecule has 0 aliphatic heterocycles. The third-order valence-electron chi connectivity index (χ3n) is 22.7. The van der Waals surface area contributed by atoms with Gasteiger partial charge in [-0.15, -0.1) is 0 Å². The van der Waals surface area contributed by atoms with E-state index in [0.717, 1.165) is 94.7 Å². The third-order valence-corrected chi connectivity index (χ3v) is 22.7. The average Bonchev–Trinajstić information content (AvgIpc) is 3.66. The van der Waals surface area contributed by atoms with Gasteiger partial charge in [0.2, 0.25) is 0 Å². The van der Waals surface area contributed by atoms with Crippen molar-refractivity contribution in [2.24, 2.45) is 116 Å². The predicted octanol–water partition coefficient (Wildman–Crippen LogP) is 16.4. The van der Waals surface area contributed by atoms with E-state index in [1.807, 2.05) is 0 Å². The number of fused-ring (bicyclic) bond motifs is 5. The van der Waals surface area contributed by atoms with Gasteiger partial charge < -0.3 is 0 Å². The van der Waals surface area contributed by atoms with Gasteiger partial charge in [-0.05, 0) is 245 Å². The fourth-order valence-electron chi connectivity index (χ4n) is 19.0. The number of allylic oxidation sites excluding steroid dienone is 3. The molecule has 8 aliphatic carbocycles. The lowest BCUT2D eigenvalue weighted by Crippen LogP contribution is -2.60. The van der Waals surface area contributed by atoms with E-state index in [0.29, 0.717) is 21.7 Å². The van der Waals surface area contributed by atoms with Crippen molar-refractivity contribution in [1.82, 2.24) is 0 Å². The fraction of sp³-hybridized carbons (Fsp3) is 0.927.